The van der Waals surface area contributed by atoms with Crippen LogP contribution in [0.4, 0.5) is 5.69 Å². The number of carbonyl (C=O) groups excluding carboxylic acids is 1. The molecule has 0 aromatic heterocycles. The van der Waals surface area contributed by atoms with Gasteiger partial charge in [-0.15, -0.1) is 0 Å². The highest BCUT2D eigenvalue weighted by atomic mass is 127. The fraction of sp³-hybridized carbons (Fsp3) is 0.182. The highest BCUT2D eigenvalue weighted by Crippen LogP contribution is 2.09. The molecule has 3 heteroatoms. The van der Waals surface area contributed by atoms with E-state index in [2.05, 4.69) is 15.2 Å². The largest absolute Gasteiger partial charge is 0.326 e. The van der Waals surface area contributed by atoms with E-state index in [1.165, 1.54) is 0 Å². The molecule has 0 fully saturated rings. The van der Waals surface area contributed by atoms with Gasteiger partial charge in [0.2, 0.25) is 5.91 Å². The molecule has 0 radical (unpaired) electrons. The Labute approximate surface area is 97.2 Å². The van der Waals surface area contributed by atoms with Gasteiger partial charge in [-0.2, -0.15) is 0 Å². The molecule has 0 bridgehead atoms. The van der Waals surface area contributed by atoms with Crippen molar-refractivity contribution in [1.82, 2.24) is 0 Å². The monoisotopic (exact) mass is 299 g/mol. The molecule has 0 atom stereocenters. The zero-order valence-electron chi connectivity index (χ0n) is 7.80. The number of amides is 1. The molecule has 14 heavy (non-hydrogen) atoms. The first kappa shape index (κ1) is 11.1. The number of nitrogens with one attached hydrogen (secondary N) is 1. The Kier molecular flexibility index (Phi) is 4.47. The van der Waals surface area contributed by atoms with Gasteiger partial charge in [0.1, 0.15) is 0 Å². The zero-order valence-corrected chi connectivity index (χ0v) is 9.96. The van der Waals surface area contributed by atoms with E-state index in [0.29, 0.717) is 6.42 Å². The van der Waals surface area contributed by atoms with Gasteiger partial charge >= 0.3 is 0 Å². The van der Waals surface area contributed by atoms with Crippen molar-refractivity contribution in [3.8, 4) is 9.85 Å². The predicted molar refractivity (Wildman–Crippen MR) is 66.3 cm³/mol. The second-order valence-electron chi connectivity index (χ2n) is 2.70. The van der Waals surface area contributed by atoms with E-state index in [0.717, 1.165) is 11.3 Å². The molecular formula is C11H10INO. The lowest BCUT2D eigenvalue weighted by Crippen LogP contribution is -2.08. The second kappa shape index (κ2) is 5.66. The van der Waals surface area contributed by atoms with Crippen LogP contribution in [0.25, 0.3) is 0 Å². The average Bonchev–Trinajstić information content (AvgIpc) is 2.21. The predicted octanol–water partition coefficient (Wildman–Crippen LogP) is 2.78. The van der Waals surface area contributed by atoms with Crippen molar-refractivity contribution in [2.75, 3.05) is 5.32 Å². The molecule has 1 aromatic rings. The van der Waals surface area contributed by atoms with Gasteiger partial charge < -0.3 is 5.32 Å². The summed E-state index contributed by atoms with van der Waals surface area (Å²) in [6.45, 7) is 1.82. The molecule has 0 aliphatic carbocycles. The maximum Gasteiger partial charge on any atom is 0.224 e. The van der Waals surface area contributed by atoms with Crippen LogP contribution in [-0.4, -0.2) is 5.91 Å². The quantitative estimate of drug-likeness (QED) is 0.660. The standard InChI is InChI=1S/C11H10INO/c1-2-11(14)13-10-5-3-9(4-6-10)7-8-12/h3-6H,2H2,1H3,(H,13,14). The molecule has 2 nitrogen and oxygen atoms in total. The molecule has 1 amide bonds. The molecule has 1 rings (SSSR count). The lowest BCUT2D eigenvalue weighted by atomic mass is 10.2. The highest BCUT2D eigenvalue weighted by molar-refractivity contribution is 14.1. The van der Waals surface area contributed by atoms with Crippen molar-refractivity contribution in [2.45, 2.75) is 13.3 Å². The van der Waals surface area contributed by atoms with Crippen LogP contribution in [0, 0.1) is 9.85 Å². The van der Waals surface area contributed by atoms with E-state index >= 15 is 0 Å². The number of hydrogen-bond acceptors (Lipinski definition) is 1. The van der Waals surface area contributed by atoms with E-state index in [1.807, 2.05) is 53.8 Å². The first-order valence-electron chi connectivity index (χ1n) is 4.28. The van der Waals surface area contributed by atoms with Gasteiger partial charge in [-0.05, 0) is 28.2 Å². The van der Waals surface area contributed by atoms with Crippen LogP contribution in [0.15, 0.2) is 24.3 Å². The van der Waals surface area contributed by atoms with Gasteiger partial charge in [-0.25, -0.2) is 0 Å². The number of halogens is 1. The smallest absolute Gasteiger partial charge is 0.224 e. The van der Waals surface area contributed by atoms with E-state index < -0.39 is 0 Å². The van der Waals surface area contributed by atoms with Crippen LogP contribution in [0.3, 0.4) is 0 Å². The first-order valence-corrected chi connectivity index (χ1v) is 5.35. The number of hydrogen-bond donors (Lipinski definition) is 1. The number of carbonyl (C=O) groups is 1. The summed E-state index contributed by atoms with van der Waals surface area (Å²) in [4.78, 5) is 11.1. The summed E-state index contributed by atoms with van der Waals surface area (Å²) in [5.74, 6) is 2.95. The van der Waals surface area contributed by atoms with Crippen molar-refractivity contribution in [2.24, 2.45) is 0 Å². The molecule has 1 N–H and O–H groups in total. The third kappa shape index (κ3) is 3.38. The summed E-state index contributed by atoms with van der Waals surface area (Å²) in [5, 5.41) is 2.77. The fourth-order valence-electron chi connectivity index (χ4n) is 0.941. The Balaban J connectivity index is 2.72. The summed E-state index contributed by atoms with van der Waals surface area (Å²) < 4.78 is 2.79. The topological polar surface area (TPSA) is 29.1 Å². The van der Waals surface area contributed by atoms with Crippen molar-refractivity contribution < 1.29 is 4.79 Å². The van der Waals surface area contributed by atoms with Crippen molar-refractivity contribution in [1.29, 1.82) is 0 Å². The third-order valence-electron chi connectivity index (χ3n) is 1.68. The molecular weight excluding hydrogens is 289 g/mol. The van der Waals surface area contributed by atoms with E-state index in [4.69, 9.17) is 0 Å². The first-order chi connectivity index (χ1) is 6.76. The summed E-state index contributed by atoms with van der Waals surface area (Å²) in [6.07, 6.45) is 0.495. The summed E-state index contributed by atoms with van der Waals surface area (Å²) >= 11 is 1.99. The summed E-state index contributed by atoms with van der Waals surface area (Å²) in [5.41, 5.74) is 1.77. The van der Waals surface area contributed by atoms with Gasteiger partial charge in [0.05, 0.1) is 0 Å². The maximum atomic E-state index is 11.1. The molecule has 0 aliphatic rings. The minimum atomic E-state index is 0.0257. The van der Waals surface area contributed by atoms with Gasteiger partial charge in [0, 0.05) is 40.3 Å². The molecule has 0 heterocycles. The molecule has 0 aliphatic heterocycles. The Bertz CT molecular complexity index is 373. The normalized spacial score (nSPS) is 8.71. The minimum absolute atomic E-state index is 0.0257. The molecule has 0 saturated heterocycles. The zero-order chi connectivity index (χ0) is 10.4. The van der Waals surface area contributed by atoms with Crippen LogP contribution in [-0.2, 0) is 4.79 Å². The van der Waals surface area contributed by atoms with Crippen LogP contribution >= 0.6 is 22.6 Å². The van der Waals surface area contributed by atoms with E-state index in [-0.39, 0.29) is 5.91 Å². The van der Waals surface area contributed by atoms with Gasteiger partial charge in [0.25, 0.3) is 0 Å². The number of anilines is 1. The highest BCUT2D eigenvalue weighted by Gasteiger charge is 1.97. The van der Waals surface area contributed by atoms with E-state index in [9.17, 15) is 4.79 Å². The van der Waals surface area contributed by atoms with Crippen LogP contribution in [0.2, 0.25) is 0 Å². The molecule has 0 spiro atoms. The van der Waals surface area contributed by atoms with Gasteiger partial charge in [0.15, 0.2) is 0 Å². The number of benzene rings is 1. The Hall–Kier alpha value is -1.02. The van der Waals surface area contributed by atoms with Crippen LogP contribution < -0.4 is 5.32 Å². The van der Waals surface area contributed by atoms with E-state index in [1.54, 1.807) is 0 Å². The molecule has 72 valence electrons. The summed E-state index contributed by atoms with van der Waals surface area (Å²) in [7, 11) is 0. The van der Waals surface area contributed by atoms with Crippen LogP contribution in [0.5, 0.6) is 0 Å². The Morgan fingerprint density at radius 1 is 1.43 bits per heavy atom. The van der Waals surface area contributed by atoms with Gasteiger partial charge in [-0.1, -0.05) is 12.8 Å². The lowest BCUT2D eigenvalue weighted by molar-refractivity contribution is -0.115. The maximum absolute atomic E-state index is 11.1. The van der Waals surface area contributed by atoms with Gasteiger partial charge in [-0.3, -0.25) is 4.79 Å². The Morgan fingerprint density at radius 2 is 2.07 bits per heavy atom. The summed E-state index contributed by atoms with van der Waals surface area (Å²) in [6, 6.07) is 7.47. The van der Waals surface area contributed by atoms with Crippen molar-refractivity contribution >= 4 is 34.2 Å². The second-order valence-corrected chi connectivity index (χ2v) is 3.24. The van der Waals surface area contributed by atoms with Crippen molar-refractivity contribution in [3.63, 3.8) is 0 Å². The SMILES string of the molecule is CCC(=O)Nc1ccc(C#CI)cc1. The molecule has 1 aromatic carbocycles. The lowest BCUT2D eigenvalue weighted by Gasteiger charge is -2.02. The minimum Gasteiger partial charge on any atom is -0.326 e. The third-order valence-corrected chi connectivity index (χ3v) is 1.95. The molecule has 0 saturated carbocycles. The Morgan fingerprint density at radius 3 is 2.57 bits per heavy atom. The fourth-order valence-corrected chi connectivity index (χ4v) is 1.25. The van der Waals surface area contributed by atoms with Crippen molar-refractivity contribution in [3.05, 3.63) is 29.8 Å². The van der Waals surface area contributed by atoms with Crippen LogP contribution in [0.1, 0.15) is 18.9 Å². The molecule has 0 unspecified atom stereocenters. The average molecular weight is 299 g/mol. The number of rotatable bonds is 2.